The number of aliphatic hydroxyl groups excluding tert-OH is 2. The van der Waals surface area contributed by atoms with Gasteiger partial charge in [-0.2, -0.15) is 8.42 Å². The van der Waals surface area contributed by atoms with Crippen LogP contribution in [0.5, 0.6) is 0 Å². The predicted molar refractivity (Wildman–Crippen MR) is 123 cm³/mol. The molecule has 186 valence electrons. The van der Waals surface area contributed by atoms with Gasteiger partial charge in [-0.25, -0.2) is 4.18 Å². The van der Waals surface area contributed by atoms with E-state index < -0.39 is 10.4 Å². The van der Waals surface area contributed by atoms with Crippen LogP contribution in [0.25, 0.3) is 0 Å². The van der Waals surface area contributed by atoms with E-state index in [0.717, 1.165) is 32.1 Å². The van der Waals surface area contributed by atoms with E-state index in [1.54, 1.807) is 0 Å². The molecule has 6 nitrogen and oxygen atoms in total. The van der Waals surface area contributed by atoms with Crippen LogP contribution in [0.3, 0.4) is 0 Å². The van der Waals surface area contributed by atoms with Gasteiger partial charge in [-0.05, 0) is 111 Å². The molecule has 0 aliphatic heterocycles. The van der Waals surface area contributed by atoms with Gasteiger partial charge in [0.05, 0.1) is 18.8 Å². The Hall–Kier alpha value is -0.210. The minimum Gasteiger partial charge on any atom is -0.393 e. The molecule has 0 heterocycles. The van der Waals surface area contributed by atoms with E-state index in [1.165, 1.54) is 25.7 Å². The zero-order valence-corrected chi connectivity index (χ0v) is 20.8. The van der Waals surface area contributed by atoms with Crippen molar-refractivity contribution in [3.05, 3.63) is 0 Å². The summed E-state index contributed by atoms with van der Waals surface area (Å²) < 4.78 is 34.9. The molecule has 4 saturated carbocycles. The normalized spacial score (nSPS) is 47.4. The molecule has 0 aromatic carbocycles. The zero-order chi connectivity index (χ0) is 23.3. The van der Waals surface area contributed by atoms with E-state index >= 15 is 0 Å². The quantitative estimate of drug-likeness (QED) is 0.373. The number of hydrogen-bond donors (Lipinski definition) is 3. The maximum Gasteiger partial charge on any atom is 0.397 e. The first-order valence-corrected chi connectivity index (χ1v) is 14.4. The molecule has 32 heavy (non-hydrogen) atoms. The SMILES string of the molecule is CC[C@@H]1[C@@H]2C[C@@H](O)CC[C@@H]2C2CC[C@@]3(C)C(CC[C@@H]3[C@H](C)CCCOS(=O)(=O)O)C2[C@@H]1O. The number of hydrogen-bond acceptors (Lipinski definition) is 5. The number of fused-ring (bicyclic) bond motifs is 5. The molecular formula is C25H44O6S. The first kappa shape index (κ1) is 24.9. The number of rotatable bonds is 7. The van der Waals surface area contributed by atoms with Crippen molar-refractivity contribution in [1.82, 2.24) is 0 Å². The van der Waals surface area contributed by atoms with Gasteiger partial charge in [-0.3, -0.25) is 4.55 Å². The smallest absolute Gasteiger partial charge is 0.393 e. The fraction of sp³-hybridized carbons (Fsp3) is 1.00. The van der Waals surface area contributed by atoms with Crippen LogP contribution in [0, 0.1) is 52.8 Å². The first-order chi connectivity index (χ1) is 15.1. The van der Waals surface area contributed by atoms with E-state index in [0.29, 0.717) is 53.8 Å². The fourth-order valence-electron chi connectivity index (χ4n) is 9.27. The monoisotopic (exact) mass is 472 g/mol. The van der Waals surface area contributed by atoms with Gasteiger partial charge >= 0.3 is 10.4 Å². The van der Waals surface area contributed by atoms with E-state index in [9.17, 15) is 18.6 Å². The lowest BCUT2D eigenvalue weighted by molar-refractivity contribution is -0.167. The Morgan fingerprint density at radius 3 is 2.50 bits per heavy atom. The van der Waals surface area contributed by atoms with Crippen molar-refractivity contribution in [3.8, 4) is 0 Å². The highest BCUT2D eigenvalue weighted by molar-refractivity contribution is 7.80. The largest absolute Gasteiger partial charge is 0.397 e. The minimum absolute atomic E-state index is 0.0343. The molecule has 3 unspecified atom stereocenters. The lowest BCUT2D eigenvalue weighted by atomic mass is 9.46. The average Bonchev–Trinajstić information content (AvgIpc) is 3.07. The summed E-state index contributed by atoms with van der Waals surface area (Å²) >= 11 is 0. The molecule has 0 spiro atoms. The summed E-state index contributed by atoms with van der Waals surface area (Å²) in [6.07, 6.45) is 9.74. The summed E-state index contributed by atoms with van der Waals surface area (Å²) in [6.45, 7) is 6.98. The number of aliphatic hydroxyl groups is 2. The fourth-order valence-corrected chi connectivity index (χ4v) is 9.60. The lowest BCUT2D eigenvalue weighted by Crippen LogP contribution is -2.58. The molecule has 0 radical (unpaired) electrons. The highest BCUT2D eigenvalue weighted by Gasteiger charge is 2.61. The van der Waals surface area contributed by atoms with Crippen LogP contribution < -0.4 is 0 Å². The second-order valence-electron chi connectivity index (χ2n) is 11.8. The summed E-state index contributed by atoms with van der Waals surface area (Å²) in [5, 5.41) is 22.0. The molecule has 3 N–H and O–H groups in total. The molecule has 0 aromatic heterocycles. The highest BCUT2D eigenvalue weighted by atomic mass is 32.3. The van der Waals surface area contributed by atoms with Crippen molar-refractivity contribution in [3.63, 3.8) is 0 Å². The molecule has 4 rings (SSSR count). The maximum atomic E-state index is 11.6. The third-order valence-corrected chi connectivity index (χ3v) is 11.0. The Bertz CT molecular complexity index is 756. The Morgan fingerprint density at radius 1 is 1.06 bits per heavy atom. The molecule has 0 saturated heterocycles. The first-order valence-electron chi connectivity index (χ1n) is 13.0. The molecule has 4 aliphatic carbocycles. The van der Waals surface area contributed by atoms with Crippen molar-refractivity contribution in [2.24, 2.45) is 52.8 Å². The Morgan fingerprint density at radius 2 is 1.81 bits per heavy atom. The van der Waals surface area contributed by atoms with Crippen molar-refractivity contribution in [1.29, 1.82) is 0 Å². The predicted octanol–water partition coefficient (Wildman–Crippen LogP) is 4.46. The highest BCUT2D eigenvalue weighted by Crippen LogP contribution is 2.66. The van der Waals surface area contributed by atoms with E-state index in [2.05, 4.69) is 25.0 Å². The van der Waals surface area contributed by atoms with Gasteiger partial charge in [0.1, 0.15) is 0 Å². The van der Waals surface area contributed by atoms with Gasteiger partial charge in [0.2, 0.25) is 0 Å². The van der Waals surface area contributed by atoms with Crippen LogP contribution in [0.1, 0.15) is 85.0 Å². The van der Waals surface area contributed by atoms with Crippen molar-refractivity contribution < 1.29 is 27.4 Å². The molecule has 11 atom stereocenters. The van der Waals surface area contributed by atoms with Crippen LogP contribution in [-0.2, 0) is 14.6 Å². The average molecular weight is 473 g/mol. The van der Waals surface area contributed by atoms with E-state index in [1.807, 2.05) is 0 Å². The maximum absolute atomic E-state index is 11.6. The van der Waals surface area contributed by atoms with Gasteiger partial charge in [-0.15, -0.1) is 0 Å². The Kier molecular flexibility index (Phi) is 7.35. The third-order valence-electron chi connectivity index (χ3n) is 10.5. The minimum atomic E-state index is -4.36. The van der Waals surface area contributed by atoms with Crippen LogP contribution in [0.4, 0.5) is 0 Å². The van der Waals surface area contributed by atoms with Gasteiger partial charge < -0.3 is 10.2 Å². The Labute approximate surface area is 194 Å². The molecule has 4 aliphatic rings. The van der Waals surface area contributed by atoms with Gasteiger partial charge in [0, 0.05) is 0 Å². The topological polar surface area (TPSA) is 104 Å². The van der Waals surface area contributed by atoms with Gasteiger partial charge in [0.15, 0.2) is 0 Å². The summed E-state index contributed by atoms with van der Waals surface area (Å²) in [7, 11) is -4.36. The second kappa shape index (κ2) is 9.44. The molecule has 0 aromatic rings. The van der Waals surface area contributed by atoms with Gasteiger partial charge in [0.25, 0.3) is 0 Å². The van der Waals surface area contributed by atoms with Crippen molar-refractivity contribution in [2.45, 2.75) is 97.2 Å². The lowest BCUT2D eigenvalue weighted by Gasteiger charge is -2.60. The van der Waals surface area contributed by atoms with E-state index in [-0.39, 0.29) is 24.2 Å². The molecular weight excluding hydrogens is 428 g/mol. The van der Waals surface area contributed by atoms with Crippen molar-refractivity contribution >= 4 is 10.4 Å². The van der Waals surface area contributed by atoms with Crippen molar-refractivity contribution in [2.75, 3.05) is 6.61 Å². The summed E-state index contributed by atoms with van der Waals surface area (Å²) in [5.41, 5.74) is 0.227. The molecule has 0 amide bonds. The van der Waals surface area contributed by atoms with Crippen LogP contribution in [-0.4, -0.2) is 42.0 Å². The van der Waals surface area contributed by atoms with Gasteiger partial charge in [-0.1, -0.05) is 27.2 Å². The molecule has 4 fully saturated rings. The molecule has 7 heteroatoms. The van der Waals surface area contributed by atoms with E-state index in [4.69, 9.17) is 4.55 Å². The summed E-state index contributed by atoms with van der Waals surface area (Å²) in [6, 6.07) is 0. The third kappa shape index (κ3) is 4.53. The van der Waals surface area contributed by atoms with Crippen LogP contribution >= 0.6 is 0 Å². The standard InChI is InChI=1S/C25H44O6S/c1-4-17-20-14-16(26)7-8-18(20)19-11-12-25(3)21(9-10-22(25)23(19)24(17)27)15(2)6-5-13-31-32(28,29)30/h15-24,26-27H,4-14H2,1-3H3,(H,28,29,30)/t15-,16+,17-,18-,19?,20+,21-,22?,23?,24-,25-/m1/s1. The Balaban J connectivity index is 1.47. The second-order valence-corrected chi connectivity index (χ2v) is 12.9. The summed E-state index contributed by atoms with van der Waals surface area (Å²) in [5.74, 6) is 4.03. The summed E-state index contributed by atoms with van der Waals surface area (Å²) in [4.78, 5) is 0. The zero-order valence-electron chi connectivity index (χ0n) is 20.0. The van der Waals surface area contributed by atoms with Crippen LogP contribution in [0.15, 0.2) is 0 Å². The molecule has 0 bridgehead atoms. The van der Waals surface area contributed by atoms with Crippen LogP contribution in [0.2, 0.25) is 0 Å².